The molecule has 2 N–H and O–H groups in total. The minimum atomic E-state index is 0.0983. The minimum Gasteiger partial charge on any atom is -0.342 e. The normalized spacial score (nSPS) is 14.3. The molecule has 6 nitrogen and oxygen atoms in total. The number of rotatable bonds is 8. The van der Waals surface area contributed by atoms with Crippen LogP contribution in [0.1, 0.15) is 52.5 Å². The van der Waals surface area contributed by atoms with E-state index in [-0.39, 0.29) is 11.3 Å². The largest absolute Gasteiger partial charge is 0.342 e. The summed E-state index contributed by atoms with van der Waals surface area (Å²) in [5.41, 5.74) is 2.27. The standard InChI is InChI=1S/C21H31N5OS/c1-5-12-25(13-15-6-7-15)18(27)14-28-20-24-23-19(26(20)22)16-8-10-17(11-9-16)21(2,3)4/h8-11,15H,5-7,12-14,22H2,1-4H3. The first kappa shape index (κ1) is 20.7. The molecule has 0 unspecified atom stereocenters. The van der Waals surface area contributed by atoms with Gasteiger partial charge in [0.2, 0.25) is 11.1 Å². The highest BCUT2D eigenvalue weighted by Crippen LogP contribution is 2.30. The van der Waals surface area contributed by atoms with Crippen LogP contribution in [0.15, 0.2) is 29.4 Å². The predicted octanol–water partition coefficient (Wildman–Crippen LogP) is 3.70. The van der Waals surface area contributed by atoms with Crippen LogP contribution in [0.2, 0.25) is 0 Å². The summed E-state index contributed by atoms with van der Waals surface area (Å²) in [7, 11) is 0. The Hall–Kier alpha value is -2.02. The van der Waals surface area contributed by atoms with Gasteiger partial charge < -0.3 is 10.7 Å². The maximum Gasteiger partial charge on any atom is 0.233 e. The van der Waals surface area contributed by atoms with Crippen LogP contribution in [0, 0.1) is 5.92 Å². The zero-order valence-corrected chi connectivity index (χ0v) is 18.1. The fraction of sp³-hybridized carbons (Fsp3) is 0.571. The number of amides is 1. The SMILES string of the molecule is CCCN(CC1CC1)C(=O)CSc1nnc(-c2ccc(C(C)(C)C)cc2)n1N. The van der Waals surface area contributed by atoms with Crippen molar-refractivity contribution in [1.82, 2.24) is 19.8 Å². The van der Waals surface area contributed by atoms with Crippen molar-refractivity contribution in [2.75, 3.05) is 24.7 Å². The van der Waals surface area contributed by atoms with Gasteiger partial charge in [0.25, 0.3) is 0 Å². The maximum absolute atomic E-state index is 12.6. The molecule has 1 aliphatic rings. The second kappa shape index (κ2) is 8.55. The number of benzene rings is 1. The van der Waals surface area contributed by atoms with E-state index in [1.54, 1.807) is 0 Å². The minimum absolute atomic E-state index is 0.0983. The molecule has 0 bridgehead atoms. The second-order valence-corrected chi connectivity index (χ2v) is 9.52. The van der Waals surface area contributed by atoms with Crippen LogP contribution in [-0.2, 0) is 10.2 Å². The van der Waals surface area contributed by atoms with E-state index in [2.05, 4.69) is 50.0 Å². The molecule has 0 atom stereocenters. The summed E-state index contributed by atoms with van der Waals surface area (Å²) in [5, 5.41) is 8.99. The first-order valence-corrected chi connectivity index (χ1v) is 11.0. The lowest BCUT2D eigenvalue weighted by Crippen LogP contribution is -2.35. The van der Waals surface area contributed by atoms with Crippen molar-refractivity contribution in [3.63, 3.8) is 0 Å². The number of hydrogen-bond acceptors (Lipinski definition) is 5. The zero-order chi connectivity index (χ0) is 20.3. The van der Waals surface area contributed by atoms with Crippen LogP contribution < -0.4 is 5.84 Å². The van der Waals surface area contributed by atoms with Crippen molar-refractivity contribution in [2.24, 2.45) is 5.92 Å². The number of hydrogen-bond donors (Lipinski definition) is 1. The van der Waals surface area contributed by atoms with Crippen LogP contribution in [0.3, 0.4) is 0 Å². The molecule has 152 valence electrons. The molecule has 1 aliphatic carbocycles. The Morgan fingerprint density at radius 3 is 2.50 bits per heavy atom. The Kier molecular flexibility index (Phi) is 6.33. The molecular weight excluding hydrogens is 370 g/mol. The van der Waals surface area contributed by atoms with Gasteiger partial charge in [0.05, 0.1) is 5.75 Å². The quantitative estimate of drug-likeness (QED) is 0.539. The van der Waals surface area contributed by atoms with Crippen LogP contribution in [-0.4, -0.2) is 44.5 Å². The van der Waals surface area contributed by atoms with E-state index in [4.69, 9.17) is 5.84 Å². The van der Waals surface area contributed by atoms with Gasteiger partial charge in [-0.25, -0.2) is 4.68 Å². The summed E-state index contributed by atoms with van der Waals surface area (Å²) in [5.74, 6) is 8.01. The first-order chi connectivity index (χ1) is 13.3. The van der Waals surface area contributed by atoms with Crippen molar-refractivity contribution >= 4 is 17.7 Å². The summed E-state index contributed by atoms with van der Waals surface area (Å²) in [4.78, 5) is 14.6. The molecular formula is C21H31N5OS. The van der Waals surface area contributed by atoms with Crippen molar-refractivity contribution < 1.29 is 4.79 Å². The van der Waals surface area contributed by atoms with E-state index in [1.807, 2.05) is 17.0 Å². The molecule has 0 aliphatic heterocycles. The fourth-order valence-electron chi connectivity index (χ4n) is 3.11. The number of thioether (sulfide) groups is 1. The van der Waals surface area contributed by atoms with Gasteiger partial charge in [-0.1, -0.05) is 63.7 Å². The highest BCUT2D eigenvalue weighted by atomic mass is 32.2. The predicted molar refractivity (Wildman–Crippen MR) is 115 cm³/mol. The van der Waals surface area contributed by atoms with Gasteiger partial charge in [-0.15, -0.1) is 10.2 Å². The molecule has 1 saturated carbocycles. The van der Waals surface area contributed by atoms with E-state index >= 15 is 0 Å². The Balaban J connectivity index is 1.64. The number of aromatic nitrogens is 3. The molecule has 0 spiro atoms. The average molecular weight is 402 g/mol. The highest BCUT2D eigenvalue weighted by molar-refractivity contribution is 7.99. The number of carbonyl (C=O) groups is 1. The maximum atomic E-state index is 12.6. The topological polar surface area (TPSA) is 77.0 Å². The van der Waals surface area contributed by atoms with Crippen molar-refractivity contribution in [1.29, 1.82) is 0 Å². The molecule has 1 amide bonds. The summed E-state index contributed by atoms with van der Waals surface area (Å²) in [6.07, 6.45) is 3.47. The van der Waals surface area contributed by atoms with Crippen LogP contribution >= 0.6 is 11.8 Å². The van der Waals surface area contributed by atoms with Crippen LogP contribution in [0.5, 0.6) is 0 Å². The molecule has 0 saturated heterocycles. The average Bonchev–Trinajstić information content (AvgIpc) is 3.40. The smallest absolute Gasteiger partial charge is 0.233 e. The van der Waals surface area contributed by atoms with Crippen molar-refractivity contribution in [3.8, 4) is 11.4 Å². The molecule has 3 rings (SSSR count). The molecule has 1 aromatic carbocycles. The van der Waals surface area contributed by atoms with E-state index in [1.165, 1.54) is 34.8 Å². The Morgan fingerprint density at radius 2 is 1.93 bits per heavy atom. The molecule has 2 aromatic rings. The Labute approximate surface area is 171 Å². The lowest BCUT2D eigenvalue weighted by Gasteiger charge is -2.21. The number of nitrogens with two attached hydrogens (primary N) is 1. The van der Waals surface area contributed by atoms with Gasteiger partial charge in [-0.2, -0.15) is 0 Å². The molecule has 1 fully saturated rings. The van der Waals surface area contributed by atoms with Gasteiger partial charge >= 0.3 is 0 Å². The van der Waals surface area contributed by atoms with Crippen molar-refractivity contribution in [2.45, 2.75) is 57.5 Å². The lowest BCUT2D eigenvalue weighted by atomic mass is 9.87. The van der Waals surface area contributed by atoms with E-state index in [0.29, 0.717) is 22.7 Å². The van der Waals surface area contributed by atoms with E-state index < -0.39 is 0 Å². The number of carbonyl (C=O) groups excluding carboxylic acids is 1. The number of nitrogens with zero attached hydrogens (tertiary/aromatic N) is 4. The highest BCUT2D eigenvalue weighted by Gasteiger charge is 2.26. The summed E-state index contributed by atoms with van der Waals surface area (Å²) in [6, 6.07) is 8.24. The third kappa shape index (κ3) is 5.07. The molecule has 7 heteroatoms. The third-order valence-corrected chi connectivity index (χ3v) is 5.95. The van der Waals surface area contributed by atoms with Gasteiger partial charge in [-0.05, 0) is 36.2 Å². The Bertz CT molecular complexity index is 805. The molecule has 0 radical (unpaired) electrons. The van der Waals surface area contributed by atoms with Gasteiger partial charge in [0.15, 0.2) is 5.82 Å². The Morgan fingerprint density at radius 1 is 1.25 bits per heavy atom. The molecule has 1 aromatic heterocycles. The van der Waals surface area contributed by atoms with Crippen molar-refractivity contribution in [3.05, 3.63) is 29.8 Å². The van der Waals surface area contributed by atoms with E-state index in [0.717, 1.165) is 25.1 Å². The van der Waals surface area contributed by atoms with Gasteiger partial charge in [-0.3, -0.25) is 4.79 Å². The summed E-state index contributed by atoms with van der Waals surface area (Å²) < 4.78 is 1.48. The van der Waals surface area contributed by atoms with E-state index in [9.17, 15) is 4.79 Å². The number of nitrogen functional groups attached to an aromatic ring is 1. The van der Waals surface area contributed by atoms with Gasteiger partial charge in [0.1, 0.15) is 0 Å². The third-order valence-electron chi connectivity index (χ3n) is 5.02. The lowest BCUT2D eigenvalue weighted by molar-refractivity contribution is -0.128. The summed E-state index contributed by atoms with van der Waals surface area (Å²) in [6.45, 7) is 10.4. The second-order valence-electron chi connectivity index (χ2n) is 8.58. The monoisotopic (exact) mass is 401 g/mol. The van der Waals surface area contributed by atoms with Gasteiger partial charge in [0, 0.05) is 18.7 Å². The fourth-order valence-corrected chi connectivity index (χ4v) is 3.87. The van der Waals surface area contributed by atoms with Crippen LogP contribution in [0.25, 0.3) is 11.4 Å². The molecule has 28 heavy (non-hydrogen) atoms. The van der Waals surface area contributed by atoms with Crippen LogP contribution in [0.4, 0.5) is 0 Å². The zero-order valence-electron chi connectivity index (χ0n) is 17.3. The molecule has 1 heterocycles. The summed E-state index contributed by atoms with van der Waals surface area (Å²) >= 11 is 1.35. The first-order valence-electron chi connectivity index (χ1n) is 10.0.